The summed E-state index contributed by atoms with van der Waals surface area (Å²) < 4.78 is 0. The fourth-order valence-electron chi connectivity index (χ4n) is 2.12. The van der Waals surface area contributed by atoms with E-state index in [1.54, 1.807) is 22.9 Å². The molecule has 1 aromatic heterocycles. The number of pyridine rings is 1. The first-order valence-electron chi connectivity index (χ1n) is 6.95. The third kappa shape index (κ3) is 4.09. The molecule has 0 fully saturated rings. The molecule has 0 N–H and O–H groups in total. The van der Waals surface area contributed by atoms with Crippen molar-refractivity contribution in [2.45, 2.75) is 17.9 Å². The van der Waals surface area contributed by atoms with Crippen LogP contribution in [0.15, 0.2) is 53.6 Å². The van der Waals surface area contributed by atoms with Gasteiger partial charge in [-0.1, -0.05) is 18.2 Å². The Morgan fingerprint density at radius 2 is 2.05 bits per heavy atom. The molecule has 0 aliphatic carbocycles. The Hall–Kier alpha value is -2.32. The highest BCUT2D eigenvalue weighted by Crippen LogP contribution is 2.22. The molecule has 0 spiro atoms. The first-order valence-corrected chi connectivity index (χ1v) is 8.18. The number of rotatable bonds is 6. The maximum atomic E-state index is 12.8. The van der Waals surface area contributed by atoms with Crippen molar-refractivity contribution in [3.63, 3.8) is 0 Å². The van der Waals surface area contributed by atoms with E-state index in [2.05, 4.69) is 11.1 Å². The second-order valence-corrected chi connectivity index (χ2v) is 5.50. The van der Waals surface area contributed by atoms with E-state index in [0.717, 1.165) is 10.6 Å². The smallest absolute Gasteiger partial charge is 0.255 e. The van der Waals surface area contributed by atoms with Gasteiger partial charge >= 0.3 is 0 Å². The minimum absolute atomic E-state index is 0.0640. The van der Waals surface area contributed by atoms with E-state index in [1.807, 2.05) is 48.7 Å². The van der Waals surface area contributed by atoms with Crippen LogP contribution in [-0.2, 0) is 6.54 Å². The molecule has 0 atom stereocenters. The van der Waals surface area contributed by atoms with Crippen LogP contribution in [0.1, 0.15) is 22.5 Å². The zero-order valence-corrected chi connectivity index (χ0v) is 13.2. The number of carbonyl (C=O) groups excluding carboxylic acids is 1. The third-order valence-electron chi connectivity index (χ3n) is 3.20. The van der Waals surface area contributed by atoms with Crippen LogP contribution in [0, 0.1) is 11.3 Å². The number of nitriles is 1. The first-order chi connectivity index (χ1) is 10.8. The second-order valence-electron chi connectivity index (χ2n) is 4.66. The fraction of sp³-hybridized carbons (Fsp3) is 0.235. The van der Waals surface area contributed by atoms with Gasteiger partial charge in [0.25, 0.3) is 5.91 Å². The lowest BCUT2D eigenvalue weighted by Gasteiger charge is -2.22. The summed E-state index contributed by atoms with van der Waals surface area (Å²) in [6.07, 6.45) is 3.96. The van der Waals surface area contributed by atoms with Crippen LogP contribution in [0.25, 0.3) is 0 Å². The fourth-order valence-corrected chi connectivity index (χ4v) is 2.71. The summed E-state index contributed by atoms with van der Waals surface area (Å²) in [6.45, 7) is 0.804. The zero-order valence-electron chi connectivity index (χ0n) is 12.4. The number of thioether (sulfide) groups is 1. The van der Waals surface area contributed by atoms with Gasteiger partial charge in [0.05, 0.1) is 30.3 Å². The molecule has 1 amide bonds. The molecule has 2 aromatic rings. The number of nitrogens with zero attached hydrogens (tertiary/aromatic N) is 3. The number of hydrogen-bond acceptors (Lipinski definition) is 4. The number of benzene rings is 1. The summed E-state index contributed by atoms with van der Waals surface area (Å²) in [5.41, 5.74) is 1.49. The Kier molecular flexibility index (Phi) is 5.99. The van der Waals surface area contributed by atoms with Crippen molar-refractivity contribution in [2.24, 2.45) is 0 Å². The van der Waals surface area contributed by atoms with Gasteiger partial charge in [-0.2, -0.15) is 5.26 Å². The lowest BCUT2D eigenvalue weighted by atomic mass is 10.2. The van der Waals surface area contributed by atoms with Gasteiger partial charge in [-0.25, -0.2) is 0 Å². The molecule has 0 bridgehead atoms. The normalized spacial score (nSPS) is 10.0. The zero-order chi connectivity index (χ0) is 15.8. The van der Waals surface area contributed by atoms with E-state index < -0.39 is 0 Å². The summed E-state index contributed by atoms with van der Waals surface area (Å²) >= 11 is 1.54. The van der Waals surface area contributed by atoms with Crippen LogP contribution < -0.4 is 0 Å². The molecule has 1 aromatic carbocycles. The summed E-state index contributed by atoms with van der Waals surface area (Å²) in [5, 5.41) is 8.83. The highest BCUT2D eigenvalue weighted by molar-refractivity contribution is 7.98. The molecule has 112 valence electrons. The molecule has 5 heteroatoms. The monoisotopic (exact) mass is 311 g/mol. The third-order valence-corrected chi connectivity index (χ3v) is 3.99. The van der Waals surface area contributed by atoms with E-state index >= 15 is 0 Å². The van der Waals surface area contributed by atoms with Gasteiger partial charge < -0.3 is 4.90 Å². The average molecular weight is 311 g/mol. The number of hydrogen-bond donors (Lipinski definition) is 0. The summed E-state index contributed by atoms with van der Waals surface area (Å²) in [5.74, 6) is -0.0640. The second kappa shape index (κ2) is 8.20. The number of aromatic nitrogens is 1. The lowest BCUT2D eigenvalue weighted by molar-refractivity contribution is 0.0741. The molecule has 0 aliphatic heterocycles. The van der Waals surface area contributed by atoms with Crippen LogP contribution in [0.5, 0.6) is 0 Å². The van der Waals surface area contributed by atoms with Crippen molar-refractivity contribution in [1.82, 2.24) is 9.88 Å². The van der Waals surface area contributed by atoms with Crippen molar-refractivity contribution in [2.75, 3.05) is 12.8 Å². The van der Waals surface area contributed by atoms with Gasteiger partial charge in [0, 0.05) is 17.6 Å². The molecule has 0 saturated heterocycles. The molecule has 0 radical (unpaired) electrons. The van der Waals surface area contributed by atoms with Crippen molar-refractivity contribution < 1.29 is 4.79 Å². The van der Waals surface area contributed by atoms with E-state index in [9.17, 15) is 4.79 Å². The maximum absolute atomic E-state index is 12.8. The summed E-state index contributed by atoms with van der Waals surface area (Å²) in [7, 11) is 0. The van der Waals surface area contributed by atoms with Gasteiger partial charge in [0.1, 0.15) is 0 Å². The molecule has 2 rings (SSSR count). The van der Waals surface area contributed by atoms with Crippen LogP contribution in [0.2, 0.25) is 0 Å². The van der Waals surface area contributed by atoms with E-state index in [1.165, 1.54) is 0 Å². The molecule has 22 heavy (non-hydrogen) atoms. The maximum Gasteiger partial charge on any atom is 0.255 e. The molecule has 0 unspecified atom stereocenters. The summed E-state index contributed by atoms with van der Waals surface area (Å²) in [6, 6.07) is 15.2. The minimum Gasteiger partial charge on any atom is -0.332 e. The largest absolute Gasteiger partial charge is 0.332 e. The molecular formula is C17H17N3OS. The van der Waals surface area contributed by atoms with Gasteiger partial charge in [-0.15, -0.1) is 11.8 Å². The molecule has 4 nitrogen and oxygen atoms in total. The molecule has 0 saturated carbocycles. The predicted molar refractivity (Wildman–Crippen MR) is 87.4 cm³/mol. The van der Waals surface area contributed by atoms with Crippen LogP contribution in [0.4, 0.5) is 0 Å². The predicted octanol–water partition coefficient (Wildman–Crippen LogP) is 3.36. The average Bonchev–Trinajstić information content (AvgIpc) is 2.58. The Bertz CT molecular complexity index is 667. The molecular weight excluding hydrogens is 294 g/mol. The molecule has 0 aliphatic rings. The van der Waals surface area contributed by atoms with Gasteiger partial charge in [-0.05, 0) is 30.5 Å². The standard InChI is InChI=1S/C17H17N3OS/c1-22-16-9-3-2-8-15(16)17(21)20(12-6-10-18)13-14-7-4-5-11-19-14/h2-5,7-9,11H,6,12-13H2,1H3. The lowest BCUT2D eigenvalue weighted by Crippen LogP contribution is -2.32. The SMILES string of the molecule is CSc1ccccc1C(=O)N(CCC#N)Cc1ccccn1. The van der Waals surface area contributed by atoms with E-state index in [4.69, 9.17) is 5.26 Å². The quantitative estimate of drug-likeness (QED) is 0.768. The van der Waals surface area contributed by atoms with Gasteiger partial charge in [-0.3, -0.25) is 9.78 Å². The summed E-state index contributed by atoms with van der Waals surface area (Å²) in [4.78, 5) is 19.7. The highest BCUT2D eigenvalue weighted by Gasteiger charge is 2.18. The Balaban J connectivity index is 2.24. The van der Waals surface area contributed by atoms with Crippen LogP contribution in [0.3, 0.4) is 0 Å². The van der Waals surface area contributed by atoms with Crippen molar-refractivity contribution in [1.29, 1.82) is 5.26 Å². The van der Waals surface area contributed by atoms with Crippen molar-refractivity contribution >= 4 is 17.7 Å². The van der Waals surface area contributed by atoms with Crippen LogP contribution in [-0.4, -0.2) is 28.6 Å². The van der Waals surface area contributed by atoms with Crippen molar-refractivity contribution in [3.8, 4) is 6.07 Å². The highest BCUT2D eigenvalue weighted by atomic mass is 32.2. The van der Waals surface area contributed by atoms with E-state index in [0.29, 0.717) is 25.1 Å². The Morgan fingerprint density at radius 3 is 2.73 bits per heavy atom. The van der Waals surface area contributed by atoms with Crippen LogP contribution >= 0.6 is 11.8 Å². The topological polar surface area (TPSA) is 57.0 Å². The Morgan fingerprint density at radius 1 is 1.27 bits per heavy atom. The number of amides is 1. The first kappa shape index (κ1) is 16.1. The van der Waals surface area contributed by atoms with Crippen molar-refractivity contribution in [3.05, 3.63) is 59.9 Å². The van der Waals surface area contributed by atoms with Gasteiger partial charge in [0.2, 0.25) is 0 Å². The molecule has 1 heterocycles. The van der Waals surface area contributed by atoms with E-state index in [-0.39, 0.29) is 5.91 Å². The minimum atomic E-state index is -0.0640. The van der Waals surface area contributed by atoms with Gasteiger partial charge in [0.15, 0.2) is 0 Å². The Labute approximate surface area is 134 Å². The number of carbonyl (C=O) groups is 1.